The van der Waals surface area contributed by atoms with E-state index in [9.17, 15) is 4.79 Å². The molecule has 7 heteroatoms. The number of benzene rings is 1. The van der Waals surface area contributed by atoms with E-state index in [0.29, 0.717) is 18.1 Å². The average molecular weight is 423 g/mol. The number of hydrogen-bond donors (Lipinski definition) is 1. The number of fused-ring (bicyclic) bond motifs is 1. The van der Waals surface area contributed by atoms with Crippen molar-refractivity contribution in [2.24, 2.45) is 0 Å². The summed E-state index contributed by atoms with van der Waals surface area (Å²) in [5.41, 5.74) is 2.89. The van der Waals surface area contributed by atoms with Gasteiger partial charge in [-0.3, -0.25) is 9.69 Å². The van der Waals surface area contributed by atoms with E-state index in [1.807, 2.05) is 18.2 Å². The van der Waals surface area contributed by atoms with Crippen LogP contribution in [0.15, 0.2) is 47.3 Å². The lowest BCUT2D eigenvalue weighted by Gasteiger charge is -2.37. The summed E-state index contributed by atoms with van der Waals surface area (Å²) >= 11 is 0. The monoisotopic (exact) mass is 422 g/mol. The Hall–Kier alpha value is -3.06. The molecule has 0 radical (unpaired) electrons. The standard InChI is InChI=1S/C24H30N4O3/c1-18-20(6-5-7-21(18)30-2)28-15-13-27(14-16-28)12-3-4-17-31-23-11-9-19-8-10-22(29)25-24(19)26-23/h5-11H,3-4,12-17H2,1-2H3,(H,25,26,29). The van der Waals surface area contributed by atoms with E-state index < -0.39 is 0 Å². The second kappa shape index (κ2) is 9.83. The Kier molecular flexibility index (Phi) is 6.72. The number of anilines is 1. The molecule has 3 aromatic rings. The summed E-state index contributed by atoms with van der Waals surface area (Å²) in [6.45, 7) is 8.02. The van der Waals surface area contributed by atoms with Gasteiger partial charge in [-0.1, -0.05) is 6.07 Å². The highest BCUT2D eigenvalue weighted by atomic mass is 16.5. The molecule has 0 saturated carbocycles. The summed E-state index contributed by atoms with van der Waals surface area (Å²) in [5, 5.41) is 0.898. The maximum atomic E-state index is 11.4. The van der Waals surface area contributed by atoms with Crippen molar-refractivity contribution in [1.29, 1.82) is 0 Å². The fraction of sp³-hybridized carbons (Fsp3) is 0.417. The van der Waals surface area contributed by atoms with Crippen molar-refractivity contribution < 1.29 is 9.47 Å². The lowest BCUT2D eigenvalue weighted by atomic mass is 10.1. The Morgan fingerprint density at radius 2 is 1.84 bits per heavy atom. The molecule has 1 aromatic carbocycles. The maximum Gasteiger partial charge on any atom is 0.249 e. The van der Waals surface area contributed by atoms with Crippen LogP contribution in [0.4, 0.5) is 5.69 Å². The number of aromatic nitrogens is 2. The van der Waals surface area contributed by atoms with Crippen LogP contribution in [-0.4, -0.2) is 61.3 Å². The third kappa shape index (κ3) is 5.17. The Morgan fingerprint density at radius 1 is 1.03 bits per heavy atom. The molecule has 1 fully saturated rings. The molecule has 2 aromatic heterocycles. The molecule has 3 heterocycles. The summed E-state index contributed by atoms with van der Waals surface area (Å²) in [4.78, 5) is 23.5. The van der Waals surface area contributed by atoms with Gasteiger partial charge in [-0.25, -0.2) is 0 Å². The number of nitrogens with one attached hydrogen (secondary N) is 1. The van der Waals surface area contributed by atoms with Crippen LogP contribution in [0.3, 0.4) is 0 Å². The minimum absolute atomic E-state index is 0.154. The minimum Gasteiger partial charge on any atom is -0.496 e. The average Bonchev–Trinajstić information content (AvgIpc) is 2.79. The van der Waals surface area contributed by atoms with Crippen molar-refractivity contribution in [1.82, 2.24) is 14.9 Å². The molecular weight excluding hydrogens is 392 g/mol. The Morgan fingerprint density at radius 3 is 2.65 bits per heavy atom. The van der Waals surface area contributed by atoms with E-state index in [1.165, 1.54) is 17.3 Å². The zero-order valence-electron chi connectivity index (χ0n) is 18.3. The van der Waals surface area contributed by atoms with Gasteiger partial charge in [0.05, 0.1) is 13.7 Å². The highest BCUT2D eigenvalue weighted by molar-refractivity contribution is 5.74. The van der Waals surface area contributed by atoms with Crippen LogP contribution in [0.5, 0.6) is 11.6 Å². The molecule has 1 aliphatic rings. The van der Waals surface area contributed by atoms with E-state index in [0.717, 1.165) is 56.7 Å². The zero-order chi connectivity index (χ0) is 21.6. The number of unbranched alkanes of at least 4 members (excludes halogenated alkanes) is 1. The van der Waals surface area contributed by atoms with Gasteiger partial charge in [-0.2, -0.15) is 4.98 Å². The number of hydrogen-bond acceptors (Lipinski definition) is 6. The van der Waals surface area contributed by atoms with Crippen molar-refractivity contribution in [3.8, 4) is 11.6 Å². The van der Waals surface area contributed by atoms with E-state index in [4.69, 9.17) is 9.47 Å². The number of piperazine rings is 1. The van der Waals surface area contributed by atoms with E-state index in [1.54, 1.807) is 13.2 Å². The lowest BCUT2D eigenvalue weighted by molar-refractivity contribution is 0.236. The number of methoxy groups -OCH3 is 1. The van der Waals surface area contributed by atoms with Crippen molar-refractivity contribution in [3.05, 3.63) is 58.4 Å². The molecule has 0 bridgehead atoms. The topological polar surface area (TPSA) is 70.7 Å². The first-order valence-corrected chi connectivity index (χ1v) is 10.9. The van der Waals surface area contributed by atoms with Gasteiger partial charge in [-0.15, -0.1) is 0 Å². The predicted octanol–water partition coefficient (Wildman–Crippen LogP) is 3.22. The third-order valence-corrected chi connectivity index (χ3v) is 5.86. The van der Waals surface area contributed by atoms with Gasteiger partial charge in [0.25, 0.3) is 0 Å². The van der Waals surface area contributed by atoms with Crippen LogP contribution in [0.2, 0.25) is 0 Å². The zero-order valence-corrected chi connectivity index (χ0v) is 18.3. The first-order valence-electron chi connectivity index (χ1n) is 10.9. The van der Waals surface area contributed by atoms with Gasteiger partial charge in [0, 0.05) is 54.9 Å². The molecule has 0 spiro atoms. The Balaban J connectivity index is 1.18. The Labute approximate surface area is 182 Å². The SMILES string of the molecule is COc1cccc(N2CCN(CCCCOc3ccc4ccc(=O)[nH]c4n3)CC2)c1C. The molecule has 0 unspecified atom stereocenters. The van der Waals surface area contributed by atoms with Gasteiger partial charge in [-0.05, 0) is 50.6 Å². The van der Waals surface area contributed by atoms with E-state index in [2.05, 4.69) is 38.8 Å². The highest BCUT2D eigenvalue weighted by Gasteiger charge is 2.19. The number of aromatic amines is 1. The summed E-state index contributed by atoms with van der Waals surface area (Å²) in [6, 6.07) is 13.3. The molecule has 164 valence electrons. The molecule has 31 heavy (non-hydrogen) atoms. The van der Waals surface area contributed by atoms with Crippen LogP contribution in [0.25, 0.3) is 11.0 Å². The lowest BCUT2D eigenvalue weighted by Crippen LogP contribution is -2.46. The fourth-order valence-electron chi connectivity index (χ4n) is 4.08. The van der Waals surface area contributed by atoms with Gasteiger partial charge in [0.15, 0.2) is 0 Å². The Bertz CT molecular complexity index is 1070. The number of ether oxygens (including phenoxy) is 2. The largest absolute Gasteiger partial charge is 0.496 e. The van der Waals surface area contributed by atoms with Gasteiger partial charge in [0.2, 0.25) is 11.4 Å². The van der Waals surface area contributed by atoms with Crippen molar-refractivity contribution >= 4 is 16.7 Å². The van der Waals surface area contributed by atoms with Crippen molar-refractivity contribution in [2.75, 3.05) is 51.3 Å². The van der Waals surface area contributed by atoms with Crippen LogP contribution >= 0.6 is 0 Å². The smallest absolute Gasteiger partial charge is 0.249 e. The van der Waals surface area contributed by atoms with E-state index in [-0.39, 0.29) is 5.56 Å². The third-order valence-electron chi connectivity index (χ3n) is 5.86. The molecule has 7 nitrogen and oxygen atoms in total. The van der Waals surface area contributed by atoms with Gasteiger partial charge in [0.1, 0.15) is 11.4 Å². The second-order valence-electron chi connectivity index (χ2n) is 7.90. The molecular formula is C24H30N4O3. The van der Waals surface area contributed by atoms with Crippen LogP contribution in [-0.2, 0) is 0 Å². The summed E-state index contributed by atoms with van der Waals surface area (Å²) < 4.78 is 11.2. The quantitative estimate of drug-likeness (QED) is 0.562. The van der Waals surface area contributed by atoms with Crippen molar-refractivity contribution in [2.45, 2.75) is 19.8 Å². The molecule has 1 saturated heterocycles. The molecule has 1 aliphatic heterocycles. The first-order chi connectivity index (χ1) is 15.1. The second-order valence-corrected chi connectivity index (χ2v) is 7.90. The van der Waals surface area contributed by atoms with Gasteiger partial charge < -0.3 is 19.4 Å². The molecule has 0 amide bonds. The highest BCUT2D eigenvalue weighted by Crippen LogP contribution is 2.29. The molecule has 4 rings (SSSR count). The summed E-state index contributed by atoms with van der Waals surface area (Å²) in [7, 11) is 1.73. The molecule has 1 N–H and O–H groups in total. The number of rotatable bonds is 8. The maximum absolute atomic E-state index is 11.4. The summed E-state index contributed by atoms with van der Waals surface area (Å²) in [6.07, 6.45) is 2.06. The van der Waals surface area contributed by atoms with E-state index >= 15 is 0 Å². The molecule has 0 aliphatic carbocycles. The molecule has 0 atom stereocenters. The normalized spacial score (nSPS) is 14.7. The predicted molar refractivity (Wildman–Crippen MR) is 123 cm³/mol. The minimum atomic E-state index is -0.154. The van der Waals surface area contributed by atoms with Crippen LogP contribution in [0.1, 0.15) is 18.4 Å². The van der Waals surface area contributed by atoms with Crippen LogP contribution < -0.4 is 19.9 Å². The fourth-order valence-corrected chi connectivity index (χ4v) is 4.08. The number of H-pyrrole nitrogens is 1. The summed E-state index contributed by atoms with van der Waals surface area (Å²) in [5.74, 6) is 1.50. The van der Waals surface area contributed by atoms with Crippen molar-refractivity contribution in [3.63, 3.8) is 0 Å². The van der Waals surface area contributed by atoms with Gasteiger partial charge >= 0.3 is 0 Å². The van der Waals surface area contributed by atoms with Crippen LogP contribution in [0, 0.1) is 6.92 Å². The number of pyridine rings is 2. The first kappa shape index (κ1) is 21.2. The number of nitrogens with zero attached hydrogens (tertiary/aromatic N) is 3.